The van der Waals surface area contributed by atoms with Gasteiger partial charge >= 0.3 is 0 Å². The Kier molecular flexibility index (Phi) is 3.79. The Labute approximate surface area is 114 Å². The van der Waals surface area contributed by atoms with Gasteiger partial charge in [-0.1, -0.05) is 39.7 Å². The van der Waals surface area contributed by atoms with Gasteiger partial charge in [0, 0.05) is 27.2 Å². The highest BCUT2D eigenvalue weighted by molar-refractivity contribution is 9.08. The summed E-state index contributed by atoms with van der Waals surface area (Å²) < 4.78 is 0. The molecule has 0 bridgehead atoms. The summed E-state index contributed by atoms with van der Waals surface area (Å²) in [7, 11) is 0. The van der Waals surface area contributed by atoms with E-state index in [2.05, 4.69) is 25.9 Å². The third kappa shape index (κ3) is 2.67. The first kappa shape index (κ1) is 12.5. The number of alkyl halides is 1. The highest BCUT2D eigenvalue weighted by Crippen LogP contribution is 2.26. The molecular weight excluding hydrogens is 300 g/mol. The van der Waals surface area contributed by atoms with Crippen LogP contribution in [-0.4, -0.2) is 9.97 Å². The molecule has 88 valence electrons. The van der Waals surface area contributed by atoms with Gasteiger partial charge < -0.3 is 0 Å². The van der Waals surface area contributed by atoms with Crippen molar-refractivity contribution < 1.29 is 0 Å². The van der Waals surface area contributed by atoms with E-state index in [0.717, 1.165) is 38.7 Å². The van der Waals surface area contributed by atoms with E-state index >= 15 is 0 Å². The molecule has 0 fully saturated rings. The molecule has 4 heteroatoms. The quantitative estimate of drug-likeness (QED) is 0.772. The molecule has 2 aromatic rings. The molecule has 2 nitrogen and oxygen atoms in total. The molecule has 1 heterocycles. The fraction of sp³-hybridized carbons (Fsp3) is 0.231. The largest absolute Gasteiger partial charge is 0.238 e. The number of rotatable bonds is 2. The van der Waals surface area contributed by atoms with Crippen LogP contribution < -0.4 is 0 Å². The Hall–Kier alpha value is -0.930. The van der Waals surface area contributed by atoms with Gasteiger partial charge in [-0.15, -0.1) is 0 Å². The van der Waals surface area contributed by atoms with Crippen molar-refractivity contribution in [1.29, 1.82) is 0 Å². The minimum absolute atomic E-state index is 0.733. The fourth-order valence-electron chi connectivity index (χ4n) is 1.74. The van der Waals surface area contributed by atoms with Crippen molar-refractivity contribution in [1.82, 2.24) is 9.97 Å². The summed E-state index contributed by atoms with van der Waals surface area (Å²) >= 11 is 9.38. The molecule has 17 heavy (non-hydrogen) atoms. The lowest BCUT2D eigenvalue weighted by molar-refractivity contribution is 0.989. The van der Waals surface area contributed by atoms with Crippen LogP contribution in [0.1, 0.15) is 17.1 Å². The van der Waals surface area contributed by atoms with Crippen molar-refractivity contribution >= 4 is 27.5 Å². The Morgan fingerprint density at radius 3 is 2.35 bits per heavy atom. The molecule has 0 spiro atoms. The number of aryl methyl sites for hydroxylation is 2. The van der Waals surface area contributed by atoms with E-state index in [-0.39, 0.29) is 0 Å². The van der Waals surface area contributed by atoms with E-state index < -0.39 is 0 Å². The van der Waals surface area contributed by atoms with E-state index in [4.69, 9.17) is 11.6 Å². The van der Waals surface area contributed by atoms with Gasteiger partial charge in [0.25, 0.3) is 0 Å². The zero-order chi connectivity index (χ0) is 12.4. The summed E-state index contributed by atoms with van der Waals surface area (Å²) in [5.41, 5.74) is 4.18. The fourth-order valence-corrected chi connectivity index (χ4v) is 2.54. The minimum atomic E-state index is 0.733. The van der Waals surface area contributed by atoms with Crippen LogP contribution in [0.15, 0.2) is 24.3 Å². The van der Waals surface area contributed by atoms with E-state index in [1.807, 2.05) is 38.1 Å². The average Bonchev–Trinajstić information content (AvgIpc) is 2.29. The molecule has 0 N–H and O–H groups in total. The molecule has 0 aliphatic rings. The average molecular weight is 312 g/mol. The molecular formula is C13H12BrClN2. The van der Waals surface area contributed by atoms with E-state index in [0.29, 0.717) is 0 Å². The Morgan fingerprint density at radius 1 is 1.12 bits per heavy atom. The zero-order valence-corrected chi connectivity index (χ0v) is 12.0. The van der Waals surface area contributed by atoms with Crippen molar-refractivity contribution in [3.8, 4) is 11.3 Å². The monoisotopic (exact) mass is 310 g/mol. The van der Waals surface area contributed by atoms with Gasteiger partial charge in [-0.25, -0.2) is 9.97 Å². The molecule has 1 aromatic heterocycles. The lowest BCUT2D eigenvalue weighted by Crippen LogP contribution is -2.00. The van der Waals surface area contributed by atoms with Crippen LogP contribution in [0.5, 0.6) is 0 Å². The highest BCUT2D eigenvalue weighted by atomic mass is 79.9. The van der Waals surface area contributed by atoms with Crippen molar-refractivity contribution in [2.45, 2.75) is 19.2 Å². The summed E-state index contributed by atoms with van der Waals surface area (Å²) in [6.07, 6.45) is 0. The second kappa shape index (κ2) is 5.15. The van der Waals surface area contributed by atoms with Crippen molar-refractivity contribution in [2.75, 3.05) is 0 Å². The number of hydrogen-bond acceptors (Lipinski definition) is 2. The zero-order valence-electron chi connectivity index (χ0n) is 9.67. The topological polar surface area (TPSA) is 25.8 Å². The van der Waals surface area contributed by atoms with Crippen LogP contribution in [0.4, 0.5) is 0 Å². The Bertz CT molecular complexity index is 538. The van der Waals surface area contributed by atoms with Crippen LogP contribution in [0.3, 0.4) is 0 Å². The summed E-state index contributed by atoms with van der Waals surface area (Å²) in [4.78, 5) is 8.90. The molecule has 0 aliphatic heterocycles. The molecule has 2 rings (SSSR count). The molecule has 0 saturated heterocycles. The van der Waals surface area contributed by atoms with Gasteiger partial charge in [0.2, 0.25) is 0 Å². The van der Waals surface area contributed by atoms with Crippen molar-refractivity contribution in [2.24, 2.45) is 0 Å². The number of halogens is 2. The predicted octanol–water partition coefficient (Wildman–Crippen LogP) is 4.31. The molecule has 1 aromatic carbocycles. The summed E-state index contributed by atoms with van der Waals surface area (Å²) in [6, 6.07) is 7.72. The van der Waals surface area contributed by atoms with Crippen LogP contribution in [-0.2, 0) is 5.33 Å². The maximum atomic E-state index is 5.89. The summed E-state index contributed by atoms with van der Waals surface area (Å²) in [5, 5.41) is 1.48. The first-order valence-corrected chi connectivity index (χ1v) is 6.78. The van der Waals surface area contributed by atoms with Gasteiger partial charge in [-0.2, -0.15) is 0 Å². The summed E-state index contributed by atoms with van der Waals surface area (Å²) in [6.45, 7) is 3.91. The first-order chi connectivity index (χ1) is 8.11. The van der Waals surface area contributed by atoms with Crippen LogP contribution >= 0.6 is 27.5 Å². The standard InChI is InChI=1S/C13H12BrClN2/c1-8-12(7-14)13(17-9(2)16-8)10-3-5-11(15)6-4-10/h3-6H,7H2,1-2H3. The smallest absolute Gasteiger partial charge is 0.126 e. The third-order valence-corrected chi connectivity index (χ3v) is 3.39. The number of nitrogens with zero attached hydrogens (tertiary/aromatic N) is 2. The second-order valence-electron chi connectivity index (χ2n) is 3.82. The normalized spacial score (nSPS) is 10.6. The molecule has 0 saturated carbocycles. The van der Waals surface area contributed by atoms with Crippen LogP contribution in [0.25, 0.3) is 11.3 Å². The first-order valence-electron chi connectivity index (χ1n) is 5.28. The Morgan fingerprint density at radius 2 is 1.76 bits per heavy atom. The molecule has 0 amide bonds. The molecule has 0 atom stereocenters. The van der Waals surface area contributed by atoms with Crippen LogP contribution in [0, 0.1) is 13.8 Å². The predicted molar refractivity (Wildman–Crippen MR) is 74.6 cm³/mol. The third-order valence-electron chi connectivity index (χ3n) is 2.58. The highest BCUT2D eigenvalue weighted by Gasteiger charge is 2.10. The van der Waals surface area contributed by atoms with E-state index in [1.165, 1.54) is 0 Å². The van der Waals surface area contributed by atoms with Crippen molar-refractivity contribution in [3.05, 3.63) is 46.4 Å². The maximum absolute atomic E-state index is 5.89. The number of hydrogen-bond donors (Lipinski definition) is 0. The van der Waals surface area contributed by atoms with Gasteiger partial charge in [-0.05, 0) is 26.0 Å². The van der Waals surface area contributed by atoms with Gasteiger partial charge in [-0.3, -0.25) is 0 Å². The molecule has 0 aliphatic carbocycles. The second-order valence-corrected chi connectivity index (χ2v) is 4.82. The lowest BCUT2D eigenvalue weighted by atomic mass is 10.1. The van der Waals surface area contributed by atoms with Gasteiger partial charge in [0.1, 0.15) is 5.82 Å². The Balaban J connectivity index is 2.61. The molecule has 0 radical (unpaired) electrons. The van der Waals surface area contributed by atoms with E-state index in [1.54, 1.807) is 0 Å². The lowest BCUT2D eigenvalue weighted by Gasteiger charge is -2.10. The summed E-state index contributed by atoms with van der Waals surface area (Å²) in [5.74, 6) is 0.789. The van der Waals surface area contributed by atoms with Crippen molar-refractivity contribution in [3.63, 3.8) is 0 Å². The van der Waals surface area contributed by atoms with Gasteiger partial charge in [0.15, 0.2) is 0 Å². The van der Waals surface area contributed by atoms with Crippen LogP contribution in [0.2, 0.25) is 5.02 Å². The van der Waals surface area contributed by atoms with E-state index in [9.17, 15) is 0 Å². The SMILES string of the molecule is Cc1nc(C)c(CBr)c(-c2ccc(Cl)cc2)n1. The molecule has 0 unspecified atom stereocenters. The minimum Gasteiger partial charge on any atom is -0.238 e. The maximum Gasteiger partial charge on any atom is 0.126 e. The number of aromatic nitrogens is 2. The number of benzene rings is 1. The van der Waals surface area contributed by atoms with Gasteiger partial charge in [0.05, 0.1) is 5.69 Å².